The molecule has 0 atom stereocenters. The van der Waals surface area contributed by atoms with Gasteiger partial charge in [0.15, 0.2) is 5.15 Å². The van der Waals surface area contributed by atoms with Gasteiger partial charge in [0.1, 0.15) is 5.82 Å². The second-order valence-corrected chi connectivity index (χ2v) is 3.99. The van der Waals surface area contributed by atoms with Crippen molar-refractivity contribution in [3.05, 3.63) is 41.2 Å². The number of hydrogen-bond acceptors (Lipinski definition) is 2. The molecule has 16 heavy (non-hydrogen) atoms. The van der Waals surface area contributed by atoms with Gasteiger partial charge >= 0.3 is 0 Å². The minimum Gasteiger partial charge on any atom is -0.329 e. The number of halogens is 1. The molecule has 4 heteroatoms. The van der Waals surface area contributed by atoms with Crippen molar-refractivity contribution in [2.75, 3.05) is 7.05 Å². The van der Waals surface area contributed by atoms with Gasteiger partial charge in [-0.25, -0.2) is 4.98 Å². The third kappa shape index (κ3) is 1.96. The van der Waals surface area contributed by atoms with Crippen LogP contribution in [-0.2, 0) is 13.6 Å². The van der Waals surface area contributed by atoms with Crippen molar-refractivity contribution in [1.29, 1.82) is 0 Å². The molecule has 2 rings (SSSR count). The molecule has 0 aliphatic rings. The van der Waals surface area contributed by atoms with Crippen molar-refractivity contribution >= 4 is 11.6 Å². The molecule has 1 heterocycles. The number of nitrogens with one attached hydrogen (secondary N) is 1. The lowest BCUT2D eigenvalue weighted by Crippen LogP contribution is -2.09. The van der Waals surface area contributed by atoms with Crippen LogP contribution in [0.25, 0.3) is 11.4 Å². The average Bonchev–Trinajstić information content (AvgIpc) is 2.59. The second kappa shape index (κ2) is 4.68. The van der Waals surface area contributed by atoms with Crippen LogP contribution in [0.2, 0.25) is 5.15 Å². The number of benzene rings is 1. The fourth-order valence-electron chi connectivity index (χ4n) is 1.70. The Kier molecular flexibility index (Phi) is 3.27. The maximum atomic E-state index is 6.11. The van der Waals surface area contributed by atoms with Crippen molar-refractivity contribution in [2.45, 2.75) is 6.54 Å². The predicted molar refractivity (Wildman–Crippen MR) is 66.4 cm³/mol. The summed E-state index contributed by atoms with van der Waals surface area (Å²) in [6.45, 7) is 0.717. The molecule has 0 fully saturated rings. The SMILES string of the molecule is CNCc1c(Cl)nc(-c2ccccc2)n1C. The van der Waals surface area contributed by atoms with Crippen LogP contribution in [0.4, 0.5) is 0 Å². The Labute approximate surface area is 100 Å². The Bertz CT molecular complexity index is 477. The lowest BCUT2D eigenvalue weighted by Gasteiger charge is -2.05. The van der Waals surface area contributed by atoms with Gasteiger partial charge in [0.25, 0.3) is 0 Å². The van der Waals surface area contributed by atoms with Gasteiger partial charge in [-0.2, -0.15) is 0 Å². The van der Waals surface area contributed by atoms with Gasteiger partial charge in [-0.15, -0.1) is 0 Å². The summed E-state index contributed by atoms with van der Waals surface area (Å²) < 4.78 is 2.02. The highest BCUT2D eigenvalue weighted by molar-refractivity contribution is 6.30. The van der Waals surface area contributed by atoms with Gasteiger partial charge in [0.05, 0.1) is 5.69 Å². The zero-order chi connectivity index (χ0) is 11.5. The van der Waals surface area contributed by atoms with Gasteiger partial charge < -0.3 is 9.88 Å². The van der Waals surface area contributed by atoms with Crippen molar-refractivity contribution in [3.63, 3.8) is 0 Å². The first-order valence-corrected chi connectivity index (χ1v) is 5.53. The zero-order valence-corrected chi connectivity index (χ0v) is 10.1. The highest BCUT2D eigenvalue weighted by atomic mass is 35.5. The number of hydrogen-bond donors (Lipinski definition) is 1. The molecule has 84 valence electrons. The zero-order valence-electron chi connectivity index (χ0n) is 9.37. The van der Waals surface area contributed by atoms with E-state index in [2.05, 4.69) is 10.3 Å². The molecular formula is C12H14ClN3. The van der Waals surface area contributed by atoms with Gasteiger partial charge in [-0.05, 0) is 7.05 Å². The summed E-state index contributed by atoms with van der Waals surface area (Å²) in [6, 6.07) is 10.0. The topological polar surface area (TPSA) is 29.9 Å². The van der Waals surface area contributed by atoms with Crippen LogP contribution < -0.4 is 5.32 Å². The predicted octanol–water partition coefficient (Wildman–Crippen LogP) is 2.46. The van der Waals surface area contributed by atoms with E-state index in [1.165, 1.54) is 0 Å². The van der Waals surface area contributed by atoms with Crippen LogP contribution in [-0.4, -0.2) is 16.6 Å². The first-order valence-electron chi connectivity index (χ1n) is 5.15. The fourth-order valence-corrected chi connectivity index (χ4v) is 1.98. The third-order valence-electron chi connectivity index (χ3n) is 2.54. The van der Waals surface area contributed by atoms with Crippen molar-refractivity contribution in [3.8, 4) is 11.4 Å². The molecule has 1 aromatic heterocycles. The summed E-state index contributed by atoms with van der Waals surface area (Å²) >= 11 is 6.11. The quantitative estimate of drug-likeness (QED) is 0.886. The fraction of sp³-hybridized carbons (Fsp3) is 0.250. The molecule has 0 spiro atoms. The largest absolute Gasteiger partial charge is 0.329 e. The van der Waals surface area contributed by atoms with Crippen LogP contribution in [0.5, 0.6) is 0 Å². The van der Waals surface area contributed by atoms with Crippen molar-refractivity contribution in [2.24, 2.45) is 7.05 Å². The molecule has 0 saturated carbocycles. The Morgan fingerprint density at radius 2 is 2.00 bits per heavy atom. The number of aromatic nitrogens is 2. The van der Waals surface area contributed by atoms with Crippen LogP contribution in [0.3, 0.4) is 0 Å². The van der Waals surface area contributed by atoms with E-state index in [9.17, 15) is 0 Å². The molecular weight excluding hydrogens is 222 g/mol. The van der Waals surface area contributed by atoms with Crippen LogP contribution in [0.1, 0.15) is 5.69 Å². The maximum absolute atomic E-state index is 6.11. The highest BCUT2D eigenvalue weighted by Crippen LogP contribution is 2.23. The molecule has 0 aliphatic heterocycles. The van der Waals surface area contributed by atoms with Gasteiger partial charge in [0, 0.05) is 19.2 Å². The van der Waals surface area contributed by atoms with E-state index in [4.69, 9.17) is 11.6 Å². The molecule has 0 bridgehead atoms. The van der Waals surface area contributed by atoms with Crippen LogP contribution in [0, 0.1) is 0 Å². The van der Waals surface area contributed by atoms with Gasteiger partial charge in [-0.3, -0.25) is 0 Å². The van der Waals surface area contributed by atoms with Gasteiger partial charge in [-0.1, -0.05) is 41.9 Å². The lowest BCUT2D eigenvalue weighted by atomic mass is 10.2. The van der Waals surface area contributed by atoms with E-state index in [1.807, 2.05) is 49.0 Å². The summed E-state index contributed by atoms with van der Waals surface area (Å²) in [7, 11) is 3.87. The van der Waals surface area contributed by atoms with Crippen molar-refractivity contribution < 1.29 is 0 Å². The minimum atomic E-state index is 0.565. The van der Waals surface area contributed by atoms with E-state index in [0.29, 0.717) is 5.15 Å². The molecule has 3 nitrogen and oxygen atoms in total. The third-order valence-corrected chi connectivity index (χ3v) is 2.84. The molecule has 0 amide bonds. The standard InChI is InChI=1S/C12H14ClN3/c1-14-8-10-11(13)15-12(16(10)2)9-6-4-3-5-7-9/h3-7,14H,8H2,1-2H3. The number of imidazole rings is 1. The summed E-state index contributed by atoms with van der Waals surface area (Å²) in [6.07, 6.45) is 0. The van der Waals surface area contributed by atoms with E-state index in [0.717, 1.165) is 23.6 Å². The van der Waals surface area contributed by atoms with E-state index in [1.54, 1.807) is 0 Å². The molecule has 0 saturated heterocycles. The minimum absolute atomic E-state index is 0.565. The summed E-state index contributed by atoms with van der Waals surface area (Å²) in [4.78, 5) is 4.39. The van der Waals surface area contributed by atoms with E-state index < -0.39 is 0 Å². The molecule has 1 aromatic carbocycles. The number of rotatable bonds is 3. The summed E-state index contributed by atoms with van der Waals surface area (Å²) in [5.74, 6) is 0.899. The Balaban J connectivity index is 2.47. The highest BCUT2D eigenvalue weighted by Gasteiger charge is 2.13. The lowest BCUT2D eigenvalue weighted by molar-refractivity contribution is 0.738. The van der Waals surface area contributed by atoms with Crippen molar-refractivity contribution in [1.82, 2.24) is 14.9 Å². The Morgan fingerprint density at radius 3 is 2.62 bits per heavy atom. The molecule has 0 unspecified atom stereocenters. The monoisotopic (exact) mass is 235 g/mol. The first-order chi connectivity index (χ1) is 7.74. The molecule has 0 aliphatic carbocycles. The van der Waals surface area contributed by atoms with Gasteiger partial charge in [0.2, 0.25) is 0 Å². The molecule has 2 aromatic rings. The van der Waals surface area contributed by atoms with E-state index in [-0.39, 0.29) is 0 Å². The normalized spacial score (nSPS) is 10.7. The summed E-state index contributed by atoms with van der Waals surface area (Å²) in [5, 5.41) is 3.65. The Morgan fingerprint density at radius 1 is 1.31 bits per heavy atom. The summed E-state index contributed by atoms with van der Waals surface area (Å²) in [5.41, 5.74) is 2.08. The maximum Gasteiger partial charge on any atom is 0.152 e. The smallest absolute Gasteiger partial charge is 0.152 e. The van der Waals surface area contributed by atoms with E-state index >= 15 is 0 Å². The molecule has 0 radical (unpaired) electrons. The molecule has 1 N–H and O–H groups in total. The first kappa shape index (κ1) is 11.2. The second-order valence-electron chi connectivity index (χ2n) is 3.63. The number of nitrogens with zero attached hydrogens (tertiary/aromatic N) is 2. The van der Waals surface area contributed by atoms with Crippen LogP contribution >= 0.6 is 11.6 Å². The van der Waals surface area contributed by atoms with Crippen LogP contribution in [0.15, 0.2) is 30.3 Å². The Hall–Kier alpha value is -1.32. The average molecular weight is 236 g/mol.